The highest BCUT2D eigenvalue weighted by molar-refractivity contribution is 6.33. The fourth-order valence-electron chi connectivity index (χ4n) is 3.32. The molecule has 5 rings (SSSR count). The lowest BCUT2D eigenvalue weighted by molar-refractivity contribution is 0.627. The van der Waals surface area contributed by atoms with E-state index < -0.39 is 0 Å². The monoisotopic (exact) mass is 403 g/mol. The van der Waals surface area contributed by atoms with Gasteiger partial charge in [-0.1, -0.05) is 41.9 Å². The van der Waals surface area contributed by atoms with Crippen LogP contribution in [0.2, 0.25) is 5.02 Å². The molecule has 0 saturated heterocycles. The van der Waals surface area contributed by atoms with Gasteiger partial charge >= 0.3 is 0 Å². The van der Waals surface area contributed by atoms with Crippen molar-refractivity contribution in [1.29, 1.82) is 0 Å². The Bertz CT molecular complexity index is 1330. The van der Waals surface area contributed by atoms with Crippen LogP contribution in [0, 0.1) is 5.82 Å². The zero-order chi connectivity index (χ0) is 19.8. The maximum absolute atomic E-state index is 13.1. The van der Waals surface area contributed by atoms with Crippen molar-refractivity contribution in [2.75, 3.05) is 5.32 Å². The SMILES string of the molecule is Fc1ccc(CNc2ncc3cc(-c4ccccc4Cl)c4nccn4c3n2)cc1. The van der Waals surface area contributed by atoms with Crippen LogP contribution in [0.3, 0.4) is 0 Å². The van der Waals surface area contributed by atoms with Gasteiger partial charge in [0.15, 0.2) is 5.65 Å². The van der Waals surface area contributed by atoms with Gasteiger partial charge in [-0.2, -0.15) is 4.98 Å². The third-order valence-electron chi connectivity index (χ3n) is 4.73. The van der Waals surface area contributed by atoms with Crippen molar-refractivity contribution in [3.05, 3.63) is 89.6 Å². The molecule has 5 aromatic rings. The molecule has 7 heteroatoms. The smallest absolute Gasteiger partial charge is 0.224 e. The number of aromatic nitrogens is 4. The first kappa shape index (κ1) is 17.6. The van der Waals surface area contributed by atoms with Crippen LogP contribution >= 0.6 is 11.6 Å². The molecule has 5 nitrogen and oxygen atoms in total. The zero-order valence-corrected chi connectivity index (χ0v) is 15.9. The molecular formula is C22H15ClFN5. The van der Waals surface area contributed by atoms with Gasteiger partial charge in [0, 0.05) is 46.7 Å². The maximum Gasteiger partial charge on any atom is 0.224 e. The molecule has 2 aromatic carbocycles. The molecule has 3 aromatic heterocycles. The van der Waals surface area contributed by atoms with Crippen LogP contribution in [-0.4, -0.2) is 19.4 Å². The number of halogens is 2. The van der Waals surface area contributed by atoms with Crippen LogP contribution in [0.1, 0.15) is 5.56 Å². The molecule has 0 spiro atoms. The number of hydrogen-bond acceptors (Lipinski definition) is 4. The lowest BCUT2D eigenvalue weighted by atomic mass is 10.1. The Labute approximate surface area is 170 Å². The third-order valence-corrected chi connectivity index (χ3v) is 5.06. The number of hydrogen-bond donors (Lipinski definition) is 1. The molecule has 0 amide bonds. The van der Waals surface area contributed by atoms with E-state index in [1.165, 1.54) is 12.1 Å². The molecule has 0 aliphatic heterocycles. The van der Waals surface area contributed by atoms with Crippen LogP contribution in [0.5, 0.6) is 0 Å². The Hall–Kier alpha value is -3.51. The number of imidazole rings is 1. The second kappa shape index (κ2) is 7.14. The molecule has 0 unspecified atom stereocenters. The van der Waals surface area contributed by atoms with Crippen LogP contribution in [-0.2, 0) is 6.54 Å². The third kappa shape index (κ3) is 3.28. The molecule has 0 radical (unpaired) electrons. The number of nitrogens with one attached hydrogen (secondary N) is 1. The minimum Gasteiger partial charge on any atom is -0.350 e. The van der Waals surface area contributed by atoms with Crippen molar-refractivity contribution in [3.63, 3.8) is 0 Å². The van der Waals surface area contributed by atoms with Gasteiger partial charge in [-0.25, -0.2) is 14.4 Å². The van der Waals surface area contributed by atoms with Crippen molar-refractivity contribution in [1.82, 2.24) is 19.4 Å². The Morgan fingerprint density at radius 1 is 0.966 bits per heavy atom. The Balaban J connectivity index is 1.56. The number of fused-ring (bicyclic) bond motifs is 3. The van der Waals surface area contributed by atoms with Crippen molar-refractivity contribution in [3.8, 4) is 11.1 Å². The van der Waals surface area contributed by atoms with E-state index in [0.717, 1.165) is 33.4 Å². The summed E-state index contributed by atoms with van der Waals surface area (Å²) in [6.45, 7) is 0.497. The number of pyridine rings is 1. The molecule has 1 N–H and O–H groups in total. The number of nitrogens with zero attached hydrogens (tertiary/aromatic N) is 4. The highest BCUT2D eigenvalue weighted by Crippen LogP contribution is 2.32. The summed E-state index contributed by atoms with van der Waals surface area (Å²) in [6.07, 6.45) is 5.38. The van der Waals surface area contributed by atoms with E-state index in [1.807, 2.05) is 40.9 Å². The van der Waals surface area contributed by atoms with E-state index in [9.17, 15) is 4.39 Å². The summed E-state index contributed by atoms with van der Waals surface area (Å²) in [5, 5.41) is 4.72. The van der Waals surface area contributed by atoms with E-state index in [2.05, 4.69) is 20.3 Å². The van der Waals surface area contributed by atoms with Gasteiger partial charge < -0.3 is 5.32 Å². The van der Waals surface area contributed by atoms with Crippen molar-refractivity contribution < 1.29 is 4.39 Å². The van der Waals surface area contributed by atoms with E-state index >= 15 is 0 Å². The fourth-order valence-corrected chi connectivity index (χ4v) is 3.55. The summed E-state index contributed by atoms with van der Waals surface area (Å²) in [5.74, 6) is 0.231. The fraction of sp³-hybridized carbons (Fsp3) is 0.0455. The lowest BCUT2D eigenvalue weighted by Gasteiger charge is -2.11. The highest BCUT2D eigenvalue weighted by Gasteiger charge is 2.13. The molecule has 3 heterocycles. The van der Waals surface area contributed by atoms with Crippen molar-refractivity contribution >= 4 is 34.2 Å². The summed E-state index contributed by atoms with van der Waals surface area (Å²) in [4.78, 5) is 13.6. The molecule has 0 aliphatic rings. The largest absolute Gasteiger partial charge is 0.350 e. The molecular weight excluding hydrogens is 389 g/mol. The van der Waals surface area contributed by atoms with E-state index in [-0.39, 0.29) is 5.82 Å². The van der Waals surface area contributed by atoms with Gasteiger partial charge in [-0.05, 0) is 29.8 Å². The van der Waals surface area contributed by atoms with Crippen LogP contribution in [0.15, 0.2) is 73.2 Å². The standard InChI is InChI=1S/C22H15ClFN5/c23-19-4-2-1-3-17(19)18-11-15-13-27-22(26-12-14-5-7-16(24)8-6-14)28-20(15)29-10-9-25-21(18)29/h1-11,13H,12H2,(H,26,27,28). The molecule has 0 bridgehead atoms. The maximum atomic E-state index is 13.1. The zero-order valence-electron chi connectivity index (χ0n) is 15.2. The number of rotatable bonds is 4. The van der Waals surface area contributed by atoms with Gasteiger partial charge in [-0.15, -0.1) is 0 Å². The molecule has 0 aliphatic carbocycles. The first-order valence-corrected chi connectivity index (χ1v) is 9.43. The first-order valence-electron chi connectivity index (χ1n) is 9.05. The van der Waals surface area contributed by atoms with Gasteiger partial charge in [-0.3, -0.25) is 4.40 Å². The van der Waals surface area contributed by atoms with Gasteiger partial charge in [0.25, 0.3) is 0 Å². The van der Waals surface area contributed by atoms with Gasteiger partial charge in [0.2, 0.25) is 5.95 Å². The van der Waals surface area contributed by atoms with Crippen molar-refractivity contribution in [2.45, 2.75) is 6.54 Å². The topological polar surface area (TPSA) is 55.1 Å². The average Bonchev–Trinajstić information content (AvgIpc) is 3.24. The normalized spacial score (nSPS) is 11.2. The summed E-state index contributed by atoms with van der Waals surface area (Å²) < 4.78 is 15.0. The second-order valence-corrected chi connectivity index (χ2v) is 7.02. The number of benzene rings is 2. The number of anilines is 1. The minimum absolute atomic E-state index is 0.257. The quantitative estimate of drug-likeness (QED) is 0.439. The summed E-state index contributed by atoms with van der Waals surface area (Å²) in [7, 11) is 0. The lowest BCUT2D eigenvalue weighted by Crippen LogP contribution is -2.05. The van der Waals surface area contributed by atoms with E-state index in [1.54, 1.807) is 24.5 Å². The predicted octanol–water partition coefficient (Wildman–Crippen LogP) is 5.35. The Morgan fingerprint density at radius 3 is 2.62 bits per heavy atom. The van der Waals surface area contributed by atoms with Crippen LogP contribution < -0.4 is 5.32 Å². The Morgan fingerprint density at radius 2 is 1.79 bits per heavy atom. The van der Waals surface area contributed by atoms with Crippen molar-refractivity contribution in [2.24, 2.45) is 0 Å². The molecule has 29 heavy (non-hydrogen) atoms. The molecule has 0 atom stereocenters. The first-order chi connectivity index (χ1) is 14.2. The van der Waals surface area contributed by atoms with E-state index in [4.69, 9.17) is 11.6 Å². The highest BCUT2D eigenvalue weighted by atomic mass is 35.5. The Kier molecular flexibility index (Phi) is 4.33. The van der Waals surface area contributed by atoms with Crippen LogP contribution in [0.4, 0.5) is 10.3 Å². The summed E-state index contributed by atoms with van der Waals surface area (Å²) >= 11 is 6.41. The van der Waals surface area contributed by atoms with E-state index in [0.29, 0.717) is 17.5 Å². The minimum atomic E-state index is -0.257. The molecule has 0 fully saturated rings. The predicted molar refractivity (Wildman–Crippen MR) is 112 cm³/mol. The summed E-state index contributed by atoms with van der Waals surface area (Å²) in [5.41, 5.74) is 4.28. The van der Waals surface area contributed by atoms with Gasteiger partial charge in [0.05, 0.1) is 0 Å². The average molecular weight is 404 g/mol. The summed E-state index contributed by atoms with van der Waals surface area (Å²) in [6, 6.07) is 16.0. The van der Waals surface area contributed by atoms with Gasteiger partial charge in [0.1, 0.15) is 11.5 Å². The van der Waals surface area contributed by atoms with Crippen LogP contribution in [0.25, 0.3) is 27.8 Å². The molecule has 0 saturated carbocycles. The second-order valence-electron chi connectivity index (χ2n) is 6.61. The molecule has 142 valence electrons.